The van der Waals surface area contributed by atoms with E-state index in [-0.39, 0.29) is 12.1 Å². The molecule has 0 bridgehead atoms. The first-order valence-electron chi connectivity index (χ1n) is 6.54. The van der Waals surface area contributed by atoms with Crippen LogP contribution in [-0.4, -0.2) is 37.4 Å². The molecule has 1 saturated heterocycles. The normalized spacial score (nSPS) is 17.6. The third-order valence-electron chi connectivity index (χ3n) is 3.06. The second-order valence-corrected chi connectivity index (χ2v) is 4.95. The third-order valence-corrected chi connectivity index (χ3v) is 3.30. The van der Waals surface area contributed by atoms with Gasteiger partial charge in [-0.1, -0.05) is 6.07 Å². The summed E-state index contributed by atoms with van der Waals surface area (Å²) in [5.74, 6) is -0.369. The molecule has 0 aromatic heterocycles. The Balaban J connectivity index is 1.85. The quantitative estimate of drug-likeness (QED) is 0.654. The maximum absolute atomic E-state index is 11.4. The van der Waals surface area contributed by atoms with Gasteiger partial charge >= 0.3 is 5.97 Å². The van der Waals surface area contributed by atoms with Gasteiger partial charge < -0.3 is 20.1 Å². The average Bonchev–Trinajstić information content (AvgIpc) is 2.98. The van der Waals surface area contributed by atoms with Gasteiger partial charge in [0.2, 0.25) is 0 Å². The minimum absolute atomic E-state index is 0.233. The van der Waals surface area contributed by atoms with Gasteiger partial charge in [0.15, 0.2) is 5.11 Å². The van der Waals surface area contributed by atoms with Crippen LogP contribution in [0.5, 0.6) is 0 Å². The summed E-state index contributed by atoms with van der Waals surface area (Å²) in [5.41, 5.74) is 1.23. The predicted octanol–water partition coefficient (Wildman–Crippen LogP) is 1.94. The van der Waals surface area contributed by atoms with Gasteiger partial charge in [-0.05, 0) is 43.3 Å². The predicted molar refractivity (Wildman–Crippen MR) is 81.0 cm³/mol. The molecule has 0 amide bonds. The second kappa shape index (κ2) is 7.21. The molecule has 0 aliphatic carbocycles. The minimum atomic E-state index is -0.369. The van der Waals surface area contributed by atoms with Crippen LogP contribution in [0, 0.1) is 0 Å². The summed E-state index contributed by atoms with van der Waals surface area (Å²) in [5, 5.41) is 6.67. The highest BCUT2D eigenvalue weighted by molar-refractivity contribution is 7.80. The van der Waals surface area contributed by atoms with Gasteiger partial charge in [-0.2, -0.15) is 0 Å². The first-order chi connectivity index (χ1) is 9.69. The molecule has 1 atom stereocenters. The van der Waals surface area contributed by atoms with Crippen molar-refractivity contribution in [1.82, 2.24) is 5.32 Å². The molecule has 0 radical (unpaired) electrons. The smallest absolute Gasteiger partial charge is 0.337 e. The third kappa shape index (κ3) is 4.18. The fraction of sp³-hybridized carbons (Fsp3) is 0.429. The Morgan fingerprint density at radius 2 is 2.40 bits per heavy atom. The summed E-state index contributed by atoms with van der Waals surface area (Å²) in [6, 6.07) is 7.01. The zero-order valence-corrected chi connectivity index (χ0v) is 12.2. The fourth-order valence-electron chi connectivity index (χ4n) is 2.03. The van der Waals surface area contributed by atoms with E-state index in [0.717, 1.165) is 25.1 Å². The van der Waals surface area contributed by atoms with Crippen LogP contribution in [0.4, 0.5) is 5.69 Å². The van der Waals surface area contributed by atoms with E-state index in [2.05, 4.69) is 15.4 Å². The number of hydrogen-bond acceptors (Lipinski definition) is 4. The number of ether oxygens (including phenoxy) is 2. The largest absolute Gasteiger partial charge is 0.465 e. The number of rotatable bonds is 4. The molecule has 1 aromatic carbocycles. The summed E-state index contributed by atoms with van der Waals surface area (Å²) < 4.78 is 10.2. The van der Waals surface area contributed by atoms with Gasteiger partial charge in [0.1, 0.15) is 0 Å². The van der Waals surface area contributed by atoms with Crippen molar-refractivity contribution in [2.75, 3.05) is 25.6 Å². The Kier molecular flexibility index (Phi) is 5.31. The van der Waals surface area contributed by atoms with Crippen molar-refractivity contribution in [3.63, 3.8) is 0 Å². The molecule has 5 nitrogen and oxygen atoms in total. The number of carbonyl (C=O) groups excluding carboxylic acids is 1. The molecule has 0 spiro atoms. The number of thiocarbonyl (C=S) groups is 1. The monoisotopic (exact) mass is 294 g/mol. The van der Waals surface area contributed by atoms with Crippen molar-refractivity contribution in [3.8, 4) is 0 Å². The molecule has 0 unspecified atom stereocenters. The first-order valence-corrected chi connectivity index (χ1v) is 6.94. The number of nitrogens with one attached hydrogen (secondary N) is 2. The van der Waals surface area contributed by atoms with Crippen LogP contribution >= 0.6 is 12.2 Å². The summed E-state index contributed by atoms with van der Waals surface area (Å²) in [6.07, 6.45) is 2.40. The fourth-order valence-corrected chi connectivity index (χ4v) is 2.23. The number of anilines is 1. The number of esters is 1. The SMILES string of the molecule is COC(=O)c1cccc(NC(=S)NC[C@@H]2CCCO2)c1. The number of hydrogen-bond donors (Lipinski definition) is 2. The van der Waals surface area contributed by atoms with Gasteiger partial charge in [-0.25, -0.2) is 4.79 Å². The molecule has 1 aliphatic rings. The molecule has 6 heteroatoms. The Bertz CT molecular complexity index is 487. The van der Waals surface area contributed by atoms with Gasteiger partial charge in [-0.3, -0.25) is 0 Å². The number of benzene rings is 1. The number of carbonyl (C=O) groups is 1. The van der Waals surface area contributed by atoms with E-state index in [1.807, 2.05) is 6.07 Å². The Morgan fingerprint density at radius 3 is 3.10 bits per heavy atom. The molecule has 20 heavy (non-hydrogen) atoms. The Hall–Kier alpha value is -1.66. The lowest BCUT2D eigenvalue weighted by molar-refractivity contribution is 0.0601. The molecule has 1 fully saturated rings. The van der Waals surface area contributed by atoms with Crippen LogP contribution in [0.1, 0.15) is 23.2 Å². The first kappa shape index (κ1) is 14.7. The molecule has 1 heterocycles. The average molecular weight is 294 g/mol. The molecular weight excluding hydrogens is 276 g/mol. The van der Waals surface area contributed by atoms with Crippen LogP contribution in [0.2, 0.25) is 0 Å². The lowest BCUT2D eigenvalue weighted by Gasteiger charge is -2.14. The molecule has 1 aliphatic heterocycles. The van der Waals surface area contributed by atoms with Crippen LogP contribution in [0.15, 0.2) is 24.3 Å². The van der Waals surface area contributed by atoms with Crippen LogP contribution in [0.25, 0.3) is 0 Å². The maximum atomic E-state index is 11.4. The van der Waals surface area contributed by atoms with Crippen molar-refractivity contribution in [3.05, 3.63) is 29.8 Å². The molecule has 2 N–H and O–H groups in total. The van der Waals surface area contributed by atoms with E-state index in [1.165, 1.54) is 7.11 Å². The number of methoxy groups -OCH3 is 1. The molecule has 2 rings (SSSR count). The molecular formula is C14H18N2O3S. The van der Waals surface area contributed by atoms with E-state index >= 15 is 0 Å². The van der Waals surface area contributed by atoms with Gasteiger partial charge in [0.05, 0.1) is 18.8 Å². The van der Waals surface area contributed by atoms with Crippen LogP contribution in [-0.2, 0) is 9.47 Å². The molecule has 108 valence electrons. The Labute approximate surface area is 123 Å². The van der Waals surface area contributed by atoms with E-state index < -0.39 is 0 Å². The maximum Gasteiger partial charge on any atom is 0.337 e. The van der Waals surface area contributed by atoms with Crippen molar-refractivity contribution >= 4 is 29.0 Å². The van der Waals surface area contributed by atoms with Gasteiger partial charge in [0, 0.05) is 18.8 Å². The van der Waals surface area contributed by atoms with Crippen LogP contribution in [0.3, 0.4) is 0 Å². The molecule has 0 saturated carbocycles. The van der Waals surface area contributed by atoms with E-state index in [1.54, 1.807) is 18.2 Å². The van der Waals surface area contributed by atoms with Crippen LogP contribution < -0.4 is 10.6 Å². The highest BCUT2D eigenvalue weighted by Crippen LogP contribution is 2.12. The Morgan fingerprint density at radius 1 is 1.55 bits per heavy atom. The topological polar surface area (TPSA) is 59.6 Å². The zero-order chi connectivity index (χ0) is 14.4. The summed E-state index contributed by atoms with van der Waals surface area (Å²) >= 11 is 5.21. The standard InChI is InChI=1S/C14H18N2O3S/c1-18-13(17)10-4-2-5-11(8-10)16-14(20)15-9-12-6-3-7-19-12/h2,4-5,8,12H,3,6-7,9H2,1H3,(H2,15,16,20)/t12-/m0/s1. The second-order valence-electron chi connectivity index (χ2n) is 4.54. The summed E-state index contributed by atoms with van der Waals surface area (Å²) in [7, 11) is 1.36. The van der Waals surface area contributed by atoms with Gasteiger partial charge in [-0.15, -0.1) is 0 Å². The van der Waals surface area contributed by atoms with Crippen molar-refractivity contribution in [2.45, 2.75) is 18.9 Å². The summed E-state index contributed by atoms with van der Waals surface area (Å²) in [6.45, 7) is 1.52. The minimum Gasteiger partial charge on any atom is -0.465 e. The van der Waals surface area contributed by atoms with E-state index in [9.17, 15) is 4.79 Å². The zero-order valence-electron chi connectivity index (χ0n) is 11.3. The van der Waals surface area contributed by atoms with Crippen molar-refractivity contribution < 1.29 is 14.3 Å². The summed E-state index contributed by atoms with van der Waals surface area (Å²) in [4.78, 5) is 11.4. The highest BCUT2D eigenvalue weighted by Gasteiger charge is 2.15. The van der Waals surface area contributed by atoms with Gasteiger partial charge in [0.25, 0.3) is 0 Å². The lowest BCUT2D eigenvalue weighted by Crippen LogP contribution is -2.34. The van der Waals surface area contributed by atoms with E-state index in [0.29, 0.717) is 17.2 Å². The van der Waals surface area contributed by atoms with Crippen molar-refractivity contribution in [1.29, 1.82) is 0 Å². The van der Waals surface area contributed by atoms with Crippen molar-refractivity contribution in [2.24, 2.45) is 0 Å². The molecule has 1 aromatic rings. The highest BCUT2D eigenvalue weighted by atomic mass is 32.1. The van der Waals surface area contributed by atoms with E-state index in [4.69, 9.17) is 17.0 Å². The lowest BCUT2D eigenvalue weighted by atomic mass is 10.2.